The average Bonchev–Trinajstić information content (AvgIpc) is 2.92. The molecule has 1 saturated carbocycles. The van der Waals surface area contributed by atoms with Crippen molar-refractivity contribution in [1.29, 1.82) is 0 Å². The minimum absolute atomic E-state index is 0.111. The van der Waals surface area contributed by atoms with Crippen LogP contribution in [0.5, 0.6) is 11.5 Å². The standard InChI is InChI=1S/C27H38N6O6/c1-31(2)25-20-7-5-6-8-21(20)29-26(30-25)28-19-11-9-17(10-12-19)15-32(27(34)35)16-18-13-23(38-3)24(39-4)14-22(18)33(36)37/h13-14,17,19H,5-12,15-16H2,1-4H3,(H,34,35)(H,28,29,30). The maximum atomic E-state index is 12.1. The number of aromatic nitrogens is 2. The number of anilines is 2. The fourth-order valence-corrected chi connectivity index (χ4v) is 5.62. The van der Waals surface area contributed by atoms with Crippen molar-refractivity contribution in [2.45, 2.75) is 64.0 Å². The van der Waals surface area contributed by atoms with Crippen LogP contribution in [-0.4, -0.2) is 71.9 Å². The van der Waals surface area contributed by atoms with Gasteiger partial charge >= 0.3 is 6.09 Å². The van der Waals surface area contributed by atoms with Crippen LogP contribution in [0.15, 0.2) is 12.1 Å². The zero-order chi connectivity index (χ0) is 28.1. The van der Waals surface area contributed by atoms with E-state index in [2.05, 4.69) is 10.2 Å². The van der Waals surface area contributed by atoms with Gasteiger partial charge in [-0.2, -0.15) is 4.98 Å². The van der Waals surface area contributed by atoms with Crippen molar-refractivity contribution in [1.82, 2.24) is 14.9 Å². The molecule has 0 atom stereocenters. The number of nitrogens with zero attached hydrogens (tertiary/aromatic N) is 5. The third kappa shape index (κ3) is 6.61. The van der Waals surface area contributed by atoms with E-state index in [0.717, 1.165) is 56.5 Å². The molecule has 2 aliphatic rings. The first-order valence-corrected chi connectivity index (χ1v) is 13.4. The first-order valence-electron chi connectivity index (χ1n) is 13.4. The van der Waals surface area contributed by atoms with Crippen LogP contribution in [0.2, 0.25) is 0 Å². The molecule has 1 aromatic heterocycles. The Morgan fingerprint density at radius 2 is 1.77 bits per heavy atom. The third-order valence-electron chi connectivity index (χ3n) is 7.66. The molecule has 2 N–H and O–H groups in total. The molecule has 1 aromatic carbocycles. The lowest BCUT2D eigenvalue weighted by Gasteiger charge is -2.32. The predicted octanol–water partition coefficient (Wildman–Crippen LogP) is 4.50. The Bertz CT molecular complexity index is 1200. The SMILES string of the molecule is COc1cc(CN(CC2CCC(Nc3nc4c(c(N(C)C)n3)CCCC4)CC2)C(=O)O)c([N+](=O)[O-])cc1OC. The molecule has 1 amide bonds. The first kappa shape index (κ1) is 28.2. The molecule has 0 unspecified atom stereocenters. The number of benzene rings is 1. The summed E-state index contributed by atoms with van der Waals surface area (Å²) in [7, 11) is 6.86. The van der Waals surface area contributed by atoms with Crippen LogP contribution >= 0.6 is 0 Å². The summed E-state index contributed by atoms with van der Waals surface area (Å²) >= 11 is 0. The van der Waals surface area contributed by atoms with Crippen LogP contribution in [0.3, 0.4) is 0 Å². The second kappa shape index (κ2) is 12.4. The Hall–Kier alpha value is -3.83. The van der Waals surface area contributed by atoms with Crippen molar-refractivity contribution in [3.05, 3.63) is 39.1 Å². The van der Waals surface area contributed by atoms with Crippen molar-refractivity contribution >= 4 is 23.5 Å². The largest absolute Gasteiger partial charge is 0.493 e. The minimum Gasteiger partial charge on any atom is -0.493 e. The second-order valence-electron chi connectivity index (χ2n) is 10.5. The quantitative estimate of drug-likeness (QED) is 0.325. The maximum absolute atomic E-state index is 12.1. The highest BCUT2D eigenvalue weighted by Crippen LogP contribution is 2.36. The van der Waals surface area contributed by atoms with Gasteiger partial charge in [0.05, 0.1) is 43.0 Å². The summed E-state index contributed by atoms with van der Waals surface area (Å²) in [5.74, 6) is 2.34. The molecule has 0 radical (unpaired) electrons. The smallest absolute Gasteiger partial charge is 0.407 e. The van der Waals surface area contributed by atoms with Crippen LogP contribution in [0.1, 0.15) is 55.3 Å². The molecular formula is C27H38N6O6. The minimum atomic E-state index is -1.11. The second-order valence-corrected chi connectivity index (χ2v) is 10.5. The summed E-state index contributed by atoms with van der Waals surface area (Å²) in [6.07, 6.45) is 6.59. The lowest BCUT2D eigenvalue weighted by molar-refractivity contribution is -0.385. The molecule has 1 heterocycles. The van der Waals surface area contributed by atoms with Gasteiger partial charge in [-0.1, -0.05) is 0 Å². The number of nitro benzene ring substituents is 1. The number of amides is 1. The number of hydrogen-bond donors (Lipinski definition) is 2. The molecule has 0 aliphatic heterocycles. The normalized spacial score (nSPS) is 18.6. The zero-order valence-electron chi connectivity index (χ0n) is 23.1. The zero-order valence-corrected chi connectivity index (χ0v) is 23.1. The fourth-order valence-electron chi connectivity index (χ4n) is 5.62. The van der Waals surface area contributed by atoms with Gasteiger partial charge in [0.25, 0.3) is 5.69 Å². The number of rotatable bonds is 10. The molecule has 12 nitrogen and oxygen atoms in total. The summed E-state index contributed by atoms with van der Waals surface area (Å²) in [5, 5.41) is 25.1. The van der Waals surface area contributed by atoms with Gasteiger partial charge in [-0.15, -0.1) is 0 Å². The topological polar surface area (TPSA) is 143 Å². The van der Waals surface area contributed by atoms with Crippen LogP contribution < -0.4 is 19.7 Å². The van der Waals surface area contributed by atoms with E-state index in [4.69, 9.17) is 19.4 Å². The van der Waals surface area contributed by atoms with Crippen molar-refractivity contribution in [2.24, 2.45) is 5.92 Å². The van der Waals surface area contributed by atoms with Crippen molar-refractivity contribution in [3.63, 3.8) is 0 Å². The predicted molar refractivity (Wildman–Crippen MR) is 147 cm³/mol. The number of ether oxygens (including phenoxy) is 2. The maximum Gasteiger partial charge on any atom is 0.407 e. The van der Waals surface area contributed by atoms with Crippen LogP contribution in [-0.2, 0) is 19.4 Å². The van der Waals surface area contributed by atoms with Gasteiger partial charge in [0.15, 0.2) is 11.5 Å². The molecule has 12 heteroatoms. The van der Waals surface area contributed by atoms with Crippen LogP contribution in [0.25, 0.3) is 0 Å². The van der Waals surface area contributed by atoms with Crippen LogP contribution in [0, 0.1) is 16.0 Å². The number of hydrogen-bond acceptors (Lipinski definition) is 9. The van der Waals surface area contributed by atoms with E-state index < -0.39 is 11.0 Å². The van der Waals surface area contributed by atoms with Crippen molar-refractivity contribution in [2.75, 3.05) is 45.1 Å². The fraction of sp³-hybridized carbons (Fsp3) is 0.593. The average molecular weight is 543 g/mol. The van der Waals surface area contributed by atoms with E-state index in [1.54, 1.807) is 0 Å². The van der Waals surface area contributed by atoms with E-state index >= 15 is 0 Å². The molecule has 2 aromatic rings. The number of fused-ring (bicyclic) bond motifs is 1. The highest BCUT2D eigenvalue weighted by atomic mass is 16.6. The van der Waals surface area contributed by atoms with Crippen molar-refractivity contribution in [3.8, 4) is 11.5 Å². The summed E-state index contributed by atoms with van der Waals surface area (Å²) < 4.78 is 10.5. The highest BCUT2D eigenvalue weighted by molar-refractivity contribution is 5.66. The Morgan fingerprint density at radius 3 is 2.38 bits per heavy atom. The monoisotopic (exact) mass is 542 g/mol. The molecule has 0 spiro atoms. The number of nitrogens with one attached hydrogen (secondary N) is 1. The van der Waals surface area contributed by atoms with Gasteiger partial charge in [-0.25, -0.2) is 9.78 Å². The number of aryl methyl sites for hydroxylation is 1. The van der Waals surface area contributed by atoms with Gasteiger partial charge in [0, 0.05) is 32.2 Å². The molecule has 212 valence electrons. The van der Waals surface area contributed by atoms with Gasteiger partial charge in [0.2, 0.25) is 5.95 Å². The highest BCUT2D eigenvalue weighted by Gasteiger charge is 2.28. The number of methoxy groups -OCH3 is 2. The number of carbonyl (C=O) groups is 1. The summed E-state index contributed by atoms with van der Waals surface area (Å²) in [5.41, 5.74) is 2.45. The Morgan fingerprint density at radius 1 is 1.10 bits per heavy atom. The van der Waals surface area contributed by atoms with Gasteiger partial charge in [0.1, 0.15) is 5.82 Å². The van der Waals surface area contributed by atoms with Gasteiger partial charge in [-0.3, -0.25) is 10.1 Å². The molecule has 1 fully saturated rings. The van der Waals surface area contributed by atoms with E-state index in [1.807, 2.05) is 14.1 Å². The molecule has 39 heavy (non-hydrogen) atoms. The molecule has 0 saturated heterocycles. The van der Waals surface area contributed by atoms with E-state index in [1.165, 1.54) is 43.2 Å². The molecule has 0 bridgehead atoms. The lowest BCUT2D eigenvalue weighted by Crippen LogP contribution is -2.37. The Labute approximate surface area is 228 Å². The van der Waals surface area contributed by atoms with E-state index in [0.29, 0.717) is 18.2 Å². The summed E-state index contributed by atoms with van der Waals surface area (Å²) in [4.78, 5) is 36.2. The summed E-state index contributed by atoms with van der Waals surface area (Å²) in [6.45, 7) is 0.189. The van der Waals surface area contributed by atoms with Crippen molar-refractivity contribution < 1.29 is 24.3 Å². The number of carboxylic acid groups (broad SMARTS) is 1. The van der Waals surface area contributed by atoms with E-state index in [-0.39, 0.29) is 35.5 Å². The lowest BCUT2D eigenvalue weighted by atomic mass is 9.85. The molecule has 2 aliphatic carbocycles. The molecule has 4 rings (SSSR count). The first-order chi connectivity index (χ1) is 18.7. The van der Waals surface area contributed by atoms with Crippen LogP contribution in [0.4, 0.5) is 22.2 Å². The number of nitro groups is 1. The summed E-state index contributed by atoms with van der Waals surface area (Å²) in [6, 6.07) is 2.97. The van der Waals surface area contributed by atoms with Gasteiger partial charge in [-0.05, 0) is 63.4 Å². The van der Waals surface area contributed by atoms with E-state index in [9.17, 15) is 20.0 Å². The molecular weight excluding hydrogens is 504 g/mol. The third-order valence-corrected chi connectivity index (χ3v) is 7.66. The van der Waals surface area contributed by atoms with Gasteiger partial charge < -0.3 is 29.7 Å². The Kier molecular flexibility index (Phi) is 8.93. The Balaban J connectivity index is 1.40.